The van der Waals surface area contributed by atoms with Gasteiger partial charge in [0, 0.05) is 13.6 Å². The minimum Gasteiger partial charge on any atom is -0.350 e. The van der Waals surface area contributed by atoms with Crippen LogP contribution in [0.1, 0.15) is 24.3 Å². The molecule has 5 nitrogen and oxygen atoms in total. The Morgan fingerprint density at radius 1 is 1.69 bits per heavy atom. The van der Waals surface area contributed by atoms with Crippen molar-refractivity contribution in [1.29, 1.82) is 0 Å². The van der Waals surface area contributed by atoms with Crippen LogP contribution < -0.4 is 5.32 Å². The topological polar surface area (TPSA) is 59.8 Å². The lowest BCUT2D eigenvalue weighted by molar-refractivity contribution is 0.0944. The highest BCUT2D eigenvalue weighted by Crippen LogP contribution is 1.93. The Morgan fingerprint density at radius 3 is 2.85 bits per heavy atom. The van der Waals surface area contributed by atoms with Crippen molar-refractivity contribution in [3.05, 3.63) is 11.9 Å². The predicted molar refractivity (Wildman–Crippen MR) is 48.2 cm³/mol. The van der Waals surface area contributed by atoms with Gasteiger partial charge in [-0.05, 0) is 5.92 Å². The molecule has 72 valence electrons. The fourth-order valence-electron chi connectivity index (χ4n) is 0.839. The number of hydrogen-bond donors (Lipinski definition) is 1. The van der Waals surface area contributed by atoms with Crippen LogP contribution >= 0.6 is 0 Å². The van der Waals surface area contributed by atoms with Gasteiger partial charge >= 0.3 is 0 Å². The van der Waals surface area contributed by atoms with E-state index in [4.69, 9.17) is 0 Å². The Morgan fingerprint density at radius 2 is 2.38 bits per heavy atom. The highest BCUT2D eigenvalue weighted by Gasteiger charge is 2.08. The molecule has 0 atom stereocenters. The van der Waals surface area contributed by atoms with Gasteiger partial charge in [-0.1, -0.05) is 19.1 Å². The van der Waals surface area contributed by atoms with E-state index >= 15 is 0 Å². The number of nitrogens with zero attached hydrogens (tertiary/aromatic N) is 3. The molecule has 1 aromatic rings. The van der Waals surface area contributed by atoms with Crippen molar-refractivity contribution in [2.75, 3.05) is 6.54 Å². The Labute approximate surface area is 77.1 Å². The van der Waals surface area contributed by atoms with Crippen molar-refractivity contribution >= 4 is 5.91 Å². The van der Waals surface area contributed by atoms with Gasteiger partial charge in [0.1, 0.15) is 0 Å². The number of carbonyl (C=O) groups is 1. The van der Waals surface area contributed by atoms with Crippen LogP contribution in [0.4, 0.5) is 0 Å². The molecule has 0 unspecified atom stereocenters. The Bertz CT molecular complexity index is 292. The van der Waals surface area contributed by atoms with E-state index in [9.17, 15) is 4.79 Å². The van der Waals surface area contributed by atoms with Crippen LogP contribution in [-0.4, -0.2) is 27.4 Å². The number of hydrogen-bond acceptors (Lipinski definition) is 3. The van der Waals surface area contributed by atoms with Crippen LogP contribution in [0.5, 0.6) is 0 Å². The zero-order chi connectivity index (χ0) is 9.84. The number of carbonyl (C=O) groups excluding carboxylic acids is 1. The maximum absolute atomic E-state index is 11.3. The van der Waals surface area contributed by atoms with Crippen molar-refractivity contribution in [3.63, 3.8) is 0 Å². The number of nitrogens with one attached hydrogen (secondary N) is 1. The smallest absolute Gasteiger partial charge is 0.273 e. The lowest BCUT2D eigenvalue weighted by Crippen LogP contribution is -2.27. The molecule has 1 heterocycles. The van der Waals surface area contributed by atoms with E-state index in [1.54, 1.807) is 13.2 Å². The summed E-state index contributed by atoms with van der Waals surface area (Å²) in [5, 5.41) is 10.1. The van der Waals surface area contributed by atoms with E-state index in [1.165, 1.54) is 4.68 Å². The Hall–Kier alpha value is -1.39. The largest absolute Gasteiger partial charge is 0.350 e. The first-order chi connectivity index (χ1) is 6.09. The highest BCUT2D eigenvalue weighted by atomic mass is 16.2. The molecule has 0 aromatic carbocycles. The van der Waals surface area contributed by atoms with E-state index < -0.39 is 0 Å². The van der Waals surface area contributed by atoms with Crippen LogP contribution in [0.2, 0.25) is 0 Å². The van der Waals surface area contributed by atoms with Gasteiger partial charge in [-0.25, -0.2) is 0 Å². The quantitative estimate of drug-likeness (QED) is 0.726. The lowest BCUT2D eigenvalue weighted by atomic mass is 10.2. The highest BCUT2D eigenvalue weighted by molar-refractivity contribution is 5.91. The summed E-state index contributed by atoms with van der Waals surface area (Å²) in [5.74, 6) is 0.280. The Balaban J connectivity index is 2.49. The van der Waals surface area contributed by atoms with E-state index in [0.717, 1.165) is 0 Å². The molecule has 13 heavy (non-hydrogen) atoms. The minimum atomic E-state index is -0.165. The summed E-state index contributed by atoms with van der Waals surface area (Å²) in [4.78, 5) is 11.3. The molecular formula is C8H14N4O. The first-order valence-corrected chi connectivity index (χ1v) is 4.24. The SMILES string of the molecule is CC(C)CNC(=O)c1cn(C)nn1. The predicted octanol–water partition coefficient (Wildman–Crippen LogP) is 0.201. The Kier molecular flexibility index (Phi) is 3.00. The molecule has 0 aliphatic rings. The zero-order valence-electron chi connectivity index (χ0n) is 8.11. The van der Waals surface area contributed by atoms with Crippen molar-refractivity contribution in [2.24, 2.45) is 13.0 Å². The molecule has 0 saturated carbocycles. The number of rotatable bonds is 3. The number of aryl methyl sites for hydroxylation is 1. The average molecular weight is 182 g/mol. The maximum Gasteiger partial charge on any atom is 0.273 e. The fourth-order valence-corrected chi connectivity index (χ4v) is 0.839. The van der Waals surface area contributed by atoms with E-state index in [1.807, 2.05) is 13.8 Å². The monoisotopic (exact) mass is 182 g/mol. The van der Waals surface area contributed by atoms with Gasteiger partial charge in [-0.3, -0.25) is 9.48 Å². The van der Waals surface area contributed by atoms with Crippen molar-refractivity contribution in [3.8, 4) is 0 Å². The summed E-state index contributed by atoms with van der Waals surface area (Å²) < 4.78 is 1.50. The second-order valence-electron chi connectivity index (χ2n) is 3.38. The summed E-state index contributed by atoms with van der Waals surface area (Å²) >= 11 is 0. The maximum atomic E-state index is 11.3. The summed E-state index contributed by atoms with van der Waals surface area (Å²) in [5.41, 5.74) is 0.364. The average Bonchev–Trinajstić information content (AvgIpc) is 2.47. The van der Waals surface area contributed by atoms with Gasteiger partial charge in [-0.15, -0.1) is 5.10 Å². The number of aromatic nitrogens is 3. The molecule has 0 saturated heterocycles. The lowest BCUT2D eigenvalue weighted by Gasteiger charge is -2.04. The molecule has 0 spiro atoms. The first kappa shape index (κ1) is 9.70. The standard InChI is InChI=1S/C8H14N4O/c1-6(2)4-9-8(13)7-5-12(3)11-10-7/h5-6H,4H2,1-3H3,(H,9,13). The van der Waals surface area contributed by atoms with Crippen LogP contribution in [0, 0.1) is 5.92 Å². The summed E-state index contributed by atoms with van der Waals surface area (Å²) in [7, 11) is 1.73. The van der Waals surface area contributed by atoms with E-state index in [0.29, 0.717) is 18.2 Å². The third-order valence-corrected chi connectivity index (χ3v) is 1.51. The second-order valence-corrected chi connectivity index (χ2v) is 3.38. The van der Waals surface area contributed by atoms with Gasteiger partial charge < -0.3 is 5.32 Å². The summed E-state index contributed by atoms with van der Waals surface area (Å²) in [6.45, 7) is 4.74. The van der Waals surface area contributed by atoms with Crippen LogP contribution in [0.3, 0.4) is 0 Å². The molecule has 1 amide bonds. The van der Waals surface area contributed by atoms with Crippen molar-refractivity contribution in [2.45, 2.75) is 13.8 Å². The van der Waals surface area contributed by atoms with Crippen LogP contribution in [0.15, 0.2) is 6.20 Å². The van der Waals surface area contributed by atoms with Gasteiger partial charge in [-0.2, -0.15) is 0 Å². The molecule has 1 aromatic heterocycles. The third-order valence-electron chi connectivity index (χ3n) is 1.51. The van der Waals surface area contributed by atoms with E-state index in [2.05, 4.69) is 15.6 Å². The second kappa shape index (κ2) is 4.02. The zero-order valence-corrected chi connectivity index (χ0v) is 8.11. The van der Waals surface area contributed by atoms with Gasteiger partial charge in [0.05, 0.1) is 6.20 Å². The molecule has 0 fully saturated rings. The van der Waals surface area contributed by atoms with E-state index in [-0.39, 0.29) is 5.91 Å². The fraction of sp³-hybridized carbons (Fsp3) is 0.625. The minimum absolute atomic E-state index is 0.165. The van der Waals surface area contributed by atoms with Crippen molar-refractivity contribution in [1.82, 2.24) is 20.3 Å². The van der Waals surface area contributed by atoms with Crippen LogP contribution in [-0.2, 0) is 7.05 Å². The molecule has 0 aliphatic heterocycles. The van der Waals surface area contributed by atoms with Gasteiger partial charge in [0.2, 0.25) is 0 Å². The number of amides is 1. The molecule has 5 heteroatoms. The van der Waals surface area contributed by atoms with Crippen LogP contribution in [0.25, 0.3) is 0 Å². The molecular weight excluding hydrogens is 168 g/mol. The summed E-state index contributed by atoms with van der Waals surface area (Å²) in [6, 6.07) is 0. The molecule has 0 aliphatic carbocycles. The van der Waals surface area contributed by atoms with Crippen molar-refractivity contribution < 1.29 is 4.79 Å². The molecule has 0 bridgehead atoms. The van der Waals surface area contributed by atoms with Gasteiger partial charge in [0.25, 0.3) is 5.91 Å². The third kappa shape index (κ3) is 2.85. The summed E-state index contributed by atoms with van der Waals surface area (Å²) in [6.07, 6.45) is 1.59. The van der Waals surface area contributed by atoms with Gasteiger partial charge in [0.15, 0.2) is 5.69 Å². The molecule has 1 N–H and O–H groups in total. The first-order valence-electron chi connectivity index (χ1n) is 4.24. The normalized spacial score (nSPS) is 10.5. The molecule has 1 rings (SSSR count). The molecule has 0 radical (unpaired) electrons.